The van der Waals surface area contributed by atoms with Gasteiger partial charge in [0.1, 0.15) is 0 Å². The van der Waals surface area contributed by atoms with Crippen LogP contribution in [0.5, 0.6) is 0 Å². The van der Waals surface area contributed by atoms with Crippen LogP contribution in [0.15, 0.2) is 60.7 Å². The molecular formula is C41H72OSi7. The van der Waals surface area contributed by atoms with E-state index < -0.39 is 63.2 Å². The van der Waals surface area contributed by atoms with E-state index in [9.17, 15) is 1.37 Å². The number of rotatable bonds is 11. The zero-order valence-electron chi connectivity index (χ0n) is 36.0. The zero-order valence-corrected chi connectivity index (χ0v) is 42.0. The molecule has 1 heterocycles. The molecular weight excluding hydrogens is 705 g/mol. The Hall–Kier alpha value is -0.862. The molecule has 0 radical (unpaired) electrons. The molecule has 0 bridgehead atoms. The third-order valence-electron chi connectivity index (χ3n) is 11.0. The Labute approximate surface area is 311 Å². The lowest BCUT2D eigenvalue weighted by atomic mass is 10.0. The van der Waals surface area contributed by atoms with Gasteiger partial charge >= 0.3 is 0 Å². The maximum Gasteiger partial charge on any atom is 0.289 e. The second-order valence-electron chi connectivity index (χ2n) is 21.8. The van der Waals surface area contributed by atoms with Crippen LogP contribution in [0.3, 0.4) is 0 Å². The first-order valence-corrected chi connectivity index (χ1v) is 42.2. The normalized spacial score (nSPS) is 19.7. The summed E-state index contributed by atoms with van der Waals surface area (Å²) >= 11 is 0. The summed E-state index contributed by atoms with van der Waals surface area (Å²) in [5, 5.41) is 6.05. The molecule has 1 nitrogen and oxygen atoms in total. The van der Waals surface area contributed by atoms with Gasteiger partial charge in [-0.2, -0.15) is 0 Å². The van der Waals surface area contributed by atoms with Crippen molar-refractivity contribution in [1.82, 2.24) is 0 Å². The van der Waals surface area contributed by atoms with Gasteiger partial charge in [-0.15, -0.1) is 0 Å². The molecule has 3 aromatic rings. The van der Waals surface area contributed by atoms with Gasteiger partial charge in [-0.05, 0) is 65.3 Å². The second kappa shape index (κ2) is 13.5. The molecule has 0 saturated heterocycles. The first-order chi connectivity index (χ1) is 22.5. The van der Waals surface area contributed by atoms with Gasteiger partial charge in [0.25, 0.3) is 8.32 Å². The number of hydrogen-bond acceptors (Lipinski definition) is 1. The van der Waals surface area contributed by atoms with E-state index in [1.807, 2.05) is 7.11 Å². The molecule has 1 aliphatic rings. The third-order valence-corrected chi connectivity index (χ3v) is 43.2. The Morgan fingerprint density at radius 2 is 0.816 bits per heavy atom. The molecule has 49 heavy (non-hydrogen) atoms. The van der Waals surface area contributed by atoms with Gasteiger partial charge in [0, 0.05) is 56.9 Å². The third kappa shape index (κ3) is 7.92. The van der Waals surface area contributed by atoms with Crippen LogP contribution < -0.4 is 15.6 Å². The van der Waals surface area contributed by atoms with Crippen molar-refractivity contribution in [2.24, 2.45) is 0 Å². The molecule has 0 amide bonds. The Morgan fingerprint density at radius 1 is 0.510 bits per heavy atom. The molecule has 0 unspecified atom stereocenters. The van der Waals surface area contributed by atoms with Crippen molar-refractivity contribution in [3.05, 3.63) is 88.5 Å². The lowest BCUT2D eigenvalue weighted by Crippen LogP contribution is -2.74. The van der Waals surface area contributed by atoms with E-state index in [2.05, 4.69) is 179 Å². The molecule has 0 fully saturated rings. The van der Waals surface area contributed by atoms with Crippen LogP contribution in [0.25, 0.3) is 0 Å². The van der Waals surface area contributed by atoms with Crippen LogP contribution in [-0.4, -0.2) is 63.9 Å². The van der Waals surface area contributed by atoms with Crippen LogP contribution >= 0.6 is 0 Å². The molecule has 1 aliphatic heterocycles. The van der Waals surface area contributed by atoms with Crippen molar-refractivity contribution in [3.63, 3.8) is 0 Å². The van der Waals surface area contributed by atoms with Crippen molar-refractivity contribution < 1.29 is 5.80 Å². The smallest absolute Gasteiger partial charge is 0.289 e. The Morgan fingerprint density at radius 3 is 1.10 bits per heavy atom. The lowest BCUT2D eigenvalue weighted by Gasteiger charge is -2.49. The SMILES string of the molecule is [2H]C1c2ccccc2[Si](OC)(c2c(C([Si](C)(C)C)[Si](C)(C)C)cc(C([Si](C)(C)C)[Si](C)(C)C)cc2C([Si](C)(C)C)[Si](C)(C)C)c2ccccc21. The monoisotopic (exact) mass is 777 g/mol. The first-order valence-electron chi connectivity index (χ1n) is 19.4. The van der Waals surface area contributed by atoms with E-state index in [0.717, 1.165) is 11.1 Å². The van der Waals surface area contributed by atoms with Gasteiger partial charge in [-0.1, -0.05) is 179 Å². The van der Waals surface area contributed by atoms with E-state index in [4.69, 9.17) is 4.43 Å². The highest BCUT2D eigenvalue weighted by atomic mass is 28.4. The fourth-order valence-electron chi connectivity index (χ4n) is 11.3. The van der Waals surface area contributed by atoms with E-state index in [1.54, 1.807) is 21.9 Å². The molecule has 0 atom stereocenters. The summed E-state index contributed by atoms with van der Waals surface area (Å²) in [5.41, 5.74) is 7.30. The van der Waals surface area contributed by atoms with E-state index in [-0.39, 0.29) is 0 Å². The second-order valence-corrected chi connectivity index (χ2v) is 58.7. The molecule has 0 saturated carbocycles. The summed E-state index contributed by atoms with van der Waals surface area (Å²) < 4.78 is 17.1. The van der Waals surface area contributed by atoms with Crippen molar-refractivity contribution in [1.29, 1.82) is 0 Å². The van der Waals surface area contributed by atoms with Crippen LogP contribution in [-0.2, 0) is 10.8 Å². The molecule has 0 spiro atoms. The van der Waals surface area contributed by atoms with E-state index >= 15 is 0 Å². The Bertz CT molecular complexity index is 1550. The minimum absolute atomic E-state index is 0.401. The molecule has 3 aromatic carbocycles. The van der Waals surface area contributed by atoms with Gasteiger partial charge in [0.15, 0.2) is 0 Å². The Balaban J connectivity index is 2.48. The van der Waals surface area contributed by atoms with Crippen molar-refractivity contribution in [2.45, 2.75) is 140 Å². The molecule has 8 heteroatoms. The van der Waals surface area contributed by atoms with Gasteiger partial charge in [0.2, 0.25) is 0 Å². The van der Waals surface area contributed by atoms with Gasteiger partial charge in [0.05, 0.1) is 0 Å². The van der Waals surface area contributed by atoms with Crippen LogP contribution in [0.2, 0.25) is 118 Å². The minimum atomic E-state index is -3.10. The quantitative estimate of drug-likeness (QED) is 0.176. The van der Waals surface area contributed by atoms with Gasteiger partial charge < -0.3 is 4.43 Å². The molecule has 0 N–H and O–H groups in total. The zero-order chi connectivity index (χ0) is 38.2. The maximum atomic E-state index is 9.65. The largest absolute Gasteiger partial charge is 0.408 e. The van der Waals surface area contributed by atoms with E-state index in [1.165, 1.54) is 10.4 Å². The van der Waals surface area contributed by atoms with Crippen LogP contribution in [0.4, 0.5) is 0 Å². The maximum absolute atomic E-state index is 9.65. The van der Waals surface area contributed by atoms with Gasteiger partial charge in [-0.25, -0.2) is 0 Å². The fourth-order valence-corrected chi connectivity index (χ4v) is 54.5. The average molecular weight is 779 g/mol. The van der Waals surface area contributed by atoms with Crippen molar-refractivity contribution >= 4 is 72.3 Å². The summed E-state index contributed by atoms with van der Waals surface area (Å²) in [6.45, 7) is 47.6. The molecule has 0 aliphatic carbocycles. The number of benzene rings is 3. The summed E-state index contributed by atoms with van der Waals surface area (Å²) in [5.74, 6) is 0. The van der Waals surface area contributed by atoms with E-state index in [0.29, 0.717) is 15.5 Å². The summed E-state index contributed by atoms with van der Waals surface area (Å²) in [7, 11) is -11.3. The standard InChI is InChI=1S/C41H72OSi7/c1-42-49(36-26-22-20-24-31(36)28-32-25-21-23-27-37(32)49)38-34(40(45(8,9)10)46(11,12)13)29-33(39(43(2,3)4)44(5,6)7)30-35(38)41(47(14,15)16)48(17,18)19/h20-27,29-30,39-41H,28H2,1-19H3/i28D. The van der Waals surface area contributed by atoms with Gasteiger partial charge in [-0.3, -0.25) is 0 Å². The topological polar surface area (TPSA) is 9.23 Å². The highest BCUT2D eigenvalue weighted by Crippen LogP contribution is 2.45. The molecule has 4 rings (SSSR count). The summed E-state index contributed by atoms with van der Waals surface area (Å²) in [4.78, 5) is 0. The highest BCUT2D eigenvalue weighted by Gasteiger charge is 2.54. The molecule has 270 valence electrons. The fraction of sp³-hybridized carbons (Fsp3) is 0.561. The summed E-state index contributed by atoms with van der Waals surface area (Å²) in [6, 6.07) is 23.6. The number of fused-ring (bicyclic) bond motifs is 2. The predicted molar refractivity (Wildman–Crippen MR) is 242 cm³/mol. The van der Waals surface area contributed by atoms with Crippen molar-refractivity contribution in [2.75, 3.05) is 7.11 Å². The van der Waals surface area contributed by atoms with Crippen LogP contribution in [0.1, 0.15) is 44.7 Å². The minimum Gasteiger partial charge on any atom is -0.408 e. The van der Waals surface area contributed by atoms with Crippen LogP contribution in [0, 0.1) is 0 Å². The predicted octanol–water partition coefficient (Wildman–Crippen LogP) is 10.7. The Kier molecular flexibility index (Phi) is 10.9. The first kappa shape index (κ1) is 39.3. The highest BCUT2D eigenvalue weighted by molar-refractivity contribution is 7.09. The average Bonchev–Trinajstić information content (AvgIpc) is 2.90. The molecule has 0 aromatic heterocycles. The summed E-state index contributed by atoms with van der Waals surface area (Å²) in [6.07, 6.45) is -0.401. The van der Waals surface area contributed by atoms with Crippen molar-refractivity contribution in [3.8, 4) is 0 Å². The lowest BCUT2D eigenvalue weighted by molar-refractivity contribution is 0.425. The number of hydrogen-bond donors (Lipinski definition) is 0.